The summed E-state index contributed by atoms with van der Waals surface area (Å²) >= 11 is 15.9. The minimum atomic E-state index is 0.553. The summed E-state index contributed by atoms with van der Waals surface area (Å²) in [6.07, 6.45) is 1.07. The zero-order valence-electron chi connectivity index (χ0n) is 11.6. The third-order valence-corrected chi connectivity index (χ3v) is 4.06. The van der Waals surface area contributed by atoms with Gasteiger partial charge in [-0.3, -0.25) is 0 Å². The molecule has 0 saturated heterocycles. The van der Waals surface area contributed by atoms with E-state index in [0.29, 0.717) is 22.3 Å². The maximum Gasteiger partial charge on any atom is 0.146 e. The molecule has 21 heavy (non-hydrogen) atoms. The molecule has 112 valence electrons. The smallest absolute Gasteiger partial charge is 0.146 e. The van der Waals surface area contributed by atoms with Gasteiger partial charge >= 0.3 is 0 Å². The molecule has 0 radical (unpaired) electrons. The van der Waals surface area contributed by atoms with Crippen LogP contribution in [0.3, 0.4) is 0 Å². The zero-order chi connectivity index (χ0) is 15.2. The minimum absolute atomic E-state index is 0.553. The summed E-state index contributed by atoms with van der Waals surface area (Å²) in [5.41, 5.74) is 0.937. The highest BCUT2D eigenvalue weighted by atomic mass is 79.9. The molecular formula is C16H16BrCl2NO. The second-order valence-electron chi connectivity index (χ2n) is 4.57. The standard InChI is InChI=1S/C16H16BrCl2NO/c1-2-8-20-10-12-13(18)4-3-5-15(12)21-16-7-6-11(17)9-14(16)19/h3-7,9,20H,2,8,10H2,1H3. The Labute approximate surface area is 143 Å². The molecule has 2 rings (SSSR count). The van der Waals surface area contributed by atoms with Crippen molar-refractivity contribution in [1.82, 2.24) is 5.32 Å². The molecule has 2 nitrogen and oxygen atoms in total. The highest BCUT2D eigenvalue weighted by Gasteiger charge is 2.11. The molecule has 0 aliphatic rings. The summed E-state index contributed by atoms with van der Waals surface area (Å²) in [6, 6.07) is 11.1. The van der Waals surface area contributed by atoms with Gasteiger partial charge in [0.25, 0.3) is 0 Å². The van der Waals surface area contributed by atoms with Crippen molar-refractivity contribution < 1.29 is 4.74 Å². The topological polar surface area (TPSA) is 21.3 Å². The molecule has 1 N–H and O–H groups in total. The van der Waals surface area contributed by atoms with Crippen LogP contribution in [0, 0.1) is 0 Å². The molecule has 0 amide bonds. The molecule has 0 atom stereocenters. The summed E-state index contributed by atoms with van der Waals surface area (Å²) in [5.74, 6) is 1.33. The maximum absolute atomic E-state index is 6.28. The molecule has 0 heterocycles. The van der Waals surface area contributed by atoms with Crippen LogP contribution in [-0.2, 0) is 6.54 Å². The Kier molecular flexibility index (Phi) is 6.37. The molecule has 0 unspecified atom stereocenters. The average Bonchev–Trinajstić information content (AvgIpc) is 2.45. The van der Waals surface area contributed by atoms with E-state index in [0.717, 1.165) is 28.8 Å². The van der Waals surface area contributed by atoms with Crippen molar-refractivity contribution in [2.45, 2.75) is 19.9 Å². The zero-order valence-corrected chi connectivity index (χ0v) is 14.7. The van der Waals surface area contributed by atoms with Gasteiger partial charge in [-0.05, 0) is 43.3 Å². The normalized spacial score (nSPS) is 10.7. The third kappa shape index (κ3) is 4.62. The molecular weight excluding hydrogens is 373 g/mol. The van der Waals surface area contributed by atoms with Gasteiger partial charge in [0, 0.05) is 21.6 Å². The lowest BCUT2D eigenvalue weighted by Crippen LogP contribution is -2.14. The molecule has 0 aliphatic carbocycles. The van der Waals surface area contributed by atoms with Gasteiger partial charge < -0.3 is 10.1 Å². The fourth-order valence-electron chi connectivity index (χ4n) is 1.87. The summed E-state index contributed by atoms with van der Waals surface area (Å²) in [7, 11) is 0. The van der Waals surface area contributed by atoms with Crippen molar-refractivity contribution in [2.24, 2.45) is 0 Å². The van der Waals surface area contributed by atoms with Gasteiger partial charge in [0.2, 0.25) is 0 Å². The van der Waals surface area contributed by atoms with E-state index in [1.54, 1.807) is 6.07 Å². The predicted molar refractivity (Wildman–Crippen MR) is 92.7 cm³/mol. The SMILES string of the molecule is CCCNCc1c(Cl)cccc1Oc1ccc(Br)cc1Cl. The van der Waals surface area contributed by atoms with Crippen LogP contribution in [0.2, 0.25) is 10.0 Å². The number of benzene rings is 2. The third-order valence-electron chi connectivity index (χ3n) is 2.92. The monoisotopic (exact) mass is 387 g/mol. The van der Waals surface area contributed by atoms with Crippen molar-refractivity contribution in [3.63, 3.8) is 0 Å². The van der Waals surface area contributed by atoms with Crippen LogP contribution in [-0.4, -0.2) is 6.54 Å². The summed E-state index contributed by atoms with van der Waals surface area (Å²) in [6.45, 7) is 3.72. The van der Waals surface area contributed by atoms with Crippen molar-refractivity contribution in [2.75, 3.05) is 6.54 Å². The van der Waals surface area contributed by atoms with Crippen LogP contribution < -0.4 is 10.1 Å². The molecule has 5 heteroatoms. The Hall–Kier alpha value is -0.740. The Morgan fingerprint density at radius 1 is 1.10 bits per heavy atom. The van der Waals surface area contributed by atoms with Crippen molar-refractivity contribution >= 4 is 39.1 Å². The van der Waals surface area contributed by atoms with Crippen LogP contribution >= 0.6 is 39.1 Å². The fraction of sp³-hybridized carbons (Fsp3) is 0.250. The van der Waals surface area contributed by atoms with Crippen molar-refractivity contribution in [1.29, 1.82) is 0 Å². The summed E-state index contributed by atoms with van der Waals surface area (Å²) in [5, 5.41) is 4.57. The van der Waals surface area contributed by atoms with E-state index in [9.17, 15) is 0 Å². The summed E-state index contributed by atoms with van der Waals surface area (Å²) < 4.78 is 6.84. The van der Waals surface area contributed by atoms with Crippen LogP contribution in [0.4, 0.5) is 0 Å². The number of hydrogen-bond acceptors (Lipinski definition) is 2. The van der Waals surface area contributed by atoms with Gasteiger partial charge in [-0.25, -0.2) is 0 Å². The number of ether oxygens (including phenoxy) is 1. The number of hydrogen-bond donors (Lipinski definition) is 1. The molecule has 0 fully saturated rings. The predicted octanol–water partition coefficient (Wildman–Crippen LogP) is 6.05. The van der Waals surface area contributed by atoms with E-state index in [2.05, 4.69) is 28.2 Å². The Morgan fingerprint density at radius 3 is 2.62 bits per heavy atom. The highest BCUT2D eigenvalue weighted by Crippen LogP contribution is 2.35. The van der Waals surface area contributed by atoms with Gasteiger partial charge in [-0.2, -0.15) is 0 Å². The van der Waals surface area contributed by atoms with Crippen LogP contribution in [0.5, 0.6) is 11.5 Å². The van der Waals surface area contributed by atoms with E-state index >= 15 is 0 Å². The quantitative estimate of drug-likeness (QED) is 0.608. The summed E-state index contributed by atoms with van der Waals surface area (Å²) in [4.78, 5) is 0. The van der Waals surface area contributed by atoms with Gasteiger partial charge in [-0.15, -0.1) is 0 Å². The molecule has 0 aromatic heterocycles. The lowest BCUT2D eigenvalue weighted by Gasteiger charge is -2.14. The second-order valence-corrected chi connectivity index (χ2v) is 6.30. The first kappa shape index (κ1) is 16.6. The van der Waals surface area contributed by atoms with E-state index in [4.69, 9.17) is 27.9 Å². The van der Waals surface area contributed by atoms with Crippen LogP contribution in [0.1, 0.15) is 18.9 Å². The fourth-order valence-corrected chi connectivity index (χ4v) is 2.82. The lowest BCUT2D eigenvalue weighted by molar-refractivity contribution is 0.473. The van der Waals surface area contributed by atoms with Gasteiger partial charge in [0.15, 0.2) is 0 Å². The first-order valence-corrected chi connectivity index (χ1v) is 8.27. The average molecular weight is 389 g/mol. The highest BCUT2D eigenvalue weighted by molar-refractivity contribution is 9.10. The Morgan fingerprint density at radius 2 is 1.90 bits per heavy atom. The lowest BCUT2D eigenvalue weighted by atomic mass is 10.2. The van der Waals surface area contributed by atoms with Gasteiger partial charge in [-0.1, -0.05) is 52.1 Å². The molecule has 0 aliphatic heterocycles. The van der Waals surface area contributed by atoms with Crippen molar-refractivity contribution in [3.05, 3.63) is 56.5 Å². The Bertz CT molecular complexity index is 619. The molecule has 2 aromatic rings. The van der Waals surface area contributed by atoms with Gasteiger partial charge in [0.1, 0.15) is 11.5 Å². The van der Waals surface area contributed by atoms with E-state index in [1.807, 2.05) is 30.3 Å². The number of halogens is 3. The first-order valence-electron chi connectivity index (χ1n) is 6.73. The van der Waals surface area contributed by atoms with E-state index < -0.39 is 0 Å². The Balaban J connectivity index is 2.24. The molecule has 0 spiro atoms. The first-order chi connectivity index (χ1) is 10.1. The van der Waals surface area contributed by atoms with E-state index in [-0.39, 0.29) is 0 Å². The molecule has 0 saturated carbocycles. The van der Waals surface area contributed by atoms with Crippen LogP contribution in [0.15, 0.2) is 40.9 Å². The maximum atomic E-state index is 6.28. The van der Waals surface area contributed by atoms with Crippen LogP contribution in [0.25, 0.3) is 0 Å². The largest absolute Gasteiger partial charge is 0.455 e. The van der Waals surface area contributed by atoms with Crippen molar-refractivity contribution in [3.8, 4) is 11.5 Å². The second kappa shape index (κ2) is 8.04. The molecule has 2 aromatic carbocycles. The number of rotatable bonds is 6. The minimum Gasteiger partial charge on any atom is -0.455 e. The van der Waals surface area contributed by atoms with E-state index in [1.165, 1.54) is 0 Å². The number of nitrogens with one attached hydrogen (secondary N) is 1. The van der Waals surface area contributed by atoms with Gasteiger partial charge in [0.05, 0.1) is 5.02 Å². The molecule has 0 bridgehead atoms.